The molecule has 1 saturated heterocycles. The van der Waals surface area contributed by atoms with Crippen LogP contribution in [0.2, 0.25) is 0 Å². The zero-order valence-corrected chi connectivity index (χ0v) is 12.0. The third kappa shape index (κ3) is 2.43. The van der Waals surface area contributed by atoms with Gasteiger partial charge in [-0.2, -0.15) is 0 Å². The van der Waals surface area contributed by atoms with Gasteiger partial charge in [0.2, 0.25) is 0 Å². The van der Waals surface area contributed by atoms with E-state index in [-0.39, 0.29) is 0 Å². The molecule has 2 unspecified atom stereocenters. The molecule has 0 spiro atoms. The number of aryl methyl sites for hydroxylation is 1. The van der Waals surface area contributed by atoms with Crippen LogP contribution in [0.25, 0.3) is 0 Å². The van der Waals surface area contributed by atoms with E-state index in [0.29, 0.717) is 24.6 Å². The molecule has 1 fully saturated rings. The second-order valence-corrected chi connectivity index (χ2v) is 6.31. The van der Waals surface area contributed by atoms with Crippen molar-refractivity contribution < 1.29 is 5.11 Å². The Morgan fingerprint density at radius 2 is 2.26 bits per heavy atom. The quantitative estimate of drug-likeness (QED) is 0.906. The first-order valence-corrected chi connectivity index (χ1v) is 7.61. The van der Waals surface area contributed by atoms with E-state index in [2.05, 4.69) is 29.5 Å². The van der Waals surface area contributed by atoms with E-state index in [4.69, 9.17) is 4.98 Å². The van der Waals surface area contributed by atoms with Gasteiger partial charge >= 0.3 is 0 Å². The third-order valence-corrected chi connectivity index (χ3v) is 4.67. The molecular formula is C15H25N3O. The van der Waals surface area contributed by atoms with Crippen molar-refractivity contribution in [2.24, 2.45) is 5.92 Å². The van der Waals surface area contributed by atoms with Crippen LogP contribution < -0.4 is 0 Å². The van der Waals surface area contributed by atoms with E-state index >= 15 is 0 Å². The average molecular weight is 263 g/mol. The summed E-state index contributed by atoms with van der Waals surface area (Å²) in [6.07, 6.45) is 6.84. The molecular weight excluding hydrogens is 238 g/mol. The minimum Gasteiger partial charge on any atom is -0.396 e. The average Bonchev–Trinajstić information content (AvgIpc) is 3.03. The van der Waals surface area contributed by atoms with Gasteiger partial charge in [-0.3, -0.25) is 4.90 Å². The van der Waals surface area contributed by atoms with Crippen LogP contribution in [0.5, 0.6) is 0 Å². The molecule has 4 nitrogen and oxygen atoms in total. The minimum absolute atomic E-state index is 0.300. The van der Waals surface area contributed by atoms with E-state index in [1.807, 2.05) is 0 Å². The van der Waals surface area contributed by atoms with Gasteiger partial charge in [0.05, 0.1) is 11.7 Å². The van der Waals surface area contributed by atoms with Crippen molar-refractivity contribution in [3.8, 4) is 0 Å². The molecule has 2 aliphatic heterocycles. The SMILES string of the molecule is CC(C)N1CCCC1c1cn2c(n1)CCC(CO)C2. The number of aromatic nitrogens is 2. The predicted octanol–water partition coefficient (Wildman–Crippen LogP) is 1.98. The number of aliphatic hydroxyl groups excluding tert-OH is 1. The number of imidazole rings is 1. The lowest BCUT2D eigenvalue weighted by atomic mass is 10.0. The zero-order chi connectivity index (χ0) is 13.4. The zero-order valence-electron chi connectivity index (χ0n) is 12.0. The molecule has 0 bridgehead atoms. The summed E-state index contributed by atoms with van der Waals surface area (Å²) in [5, 5.41) is 9.31. The maximum atomic E-state index is 9.31. The molecule has 19 heavy (non-hydrogen) atoms. The molecule has 2 atom stereocenters. The molecule has 1 aromatic rings. The highest BCUT2D eigenvalue weighted by Gasteiger charge is 2.31. The van der Waals surface area contributed by atoms with Gasteiger partial charge in [0, 0.05) is 37.7 Å². The molecule has 0 radical (unpaired) electrons. The van der Waals surface area contributed by atoms with Crippen molar-refractivity contribution >= 4 is 0 Å². The summed E-state index contributed by atoms with van der Waals surface area (Å²) in [5.74, 6) is 1.63. The monoisotopic (exact) mass is 263 g/mol. The fourth-order valence-electron chi connectivity index (χ4n) is 3.57. The third-order valence-electron chi connectivity index (χ3n) is 4.67. The van der Waals surface area contributed by atoms with Gasteiger partial charge in [0.25, 0.3) is 0 Å². The Balaban J connectivity index is 1.81. The molecule has 0 aliphatic carbocycles. The second kappa shape index (κ2) is 5.25. The number of hydrogen-bond acceptors (Lipinski definition) is 3. The molecule has 3 rings (SSSR count). The number of likely N-dealkylation sites (tertiary alicyclic amines) is 1. The molecule has 106 valence electrons. The van der Waals surface area contributed by atoms with Crippen LogP contribution in [0.1, 0.15) is 50.7 Å². The number of aliphatic hydroxyl groups is 1. The topological polar surface area (TPSA) is 41.3 Å². The van der Waals surface area contributed by atoms with Crippen molar-refractivity contribution in [1.29, 1.82) is 0 Å². The van der Waals surface area contributed by atoms with Crippen LogP contribution in [0, 0.1) is 5.92 Å². The van der Waals surface area contributed by atoms with Crippen molar-refractivity contribution in [2.45, 2.75) is 58.2 Å². The van der Waals surface area contributed by atoms with E-state index in [9.17, 15) is 5.11 Å². The van der Waals surface area contributed by atoms with Crippen molar-refractivity contribution in [1.82, 2.24) is 14.5 Å². The number of nitrogens with zero attached hydrogens (tertiary/aromatic N) is 3. The number of hydrogen-bond donors (Lipinski definition) is 1. The number of rotatable bonds is 3. The second-order valence-electron chi connectivity index (χ2n) is 6.31. The lowest BCUT2D eigenvalue weighted by molar-refractivity contribution is 0.190. The standard InChI is InChI=1S/C15H25N3O/c1-11(2)18-7-3-4-14(18)13-9-17-8-12(10-19)5-6-15(17)16-13/h9,11-12,14,19H,3-8,10H2,1-2H3. The van der Waals surface area contributed by atoms with Crippen LogP contribution in [-0.4, -0.2) is 38.8 Å². The van der Waals surface area contributed by atoms with Crippen LogP contribution in [0.4, 0.5) is 0 Å². The molecule has 0 aromatic carbocycles. The highest BCUT2D eigenvalue weighted by atomic mass is 16.3. The molecule has 3 heterocycles. The summed E-state index contributed by atoms with van der Waals surface area (Å²) >= 11 is 0. The smallest absolute Gasteiger partial charge is 0.109 e. The van der Waals surface area contributed by atoms with Gasteiger partial charge in [0.15, 0.2) is 0 Å². The molecule has 1 aromatic heterocycles. The maximum Gasteiger partial charge on any atom is 0.109 e. The molecule has 1 N–H and O–H groups in total. The Hall–Kier alpha value is -0.870. The van der Waals surface area contributed by atoms with Crippen molar-refractivity contribution in [3.63, 3.8) is 0 Å². The summed E-state index contributed by atoms with van der Waals surface area (Å²) in [5.41, 5.74) is 1.25. The van der Waals surface area contributed by atoms with Crippen molar-refractivity contribution in [3.05, 3.63) is 17.7 Å². The first-order chi connectivity index (χ1) is 9.19. The number of fused-ring (bicyclic) bond motifs is 1. The van der Waals surface area contributed by atoms with E-state index in [1.165, 1.54) is 30.9 Å². The fraction of sp³-hybridized carbons (Fsp3) is 0.800. The van der Waals surface area contributed by atoms with Gasteiger partial charge in [-0.05, 0) is 39.7 Å². The Kier molecular flexibility index (Phi) is 3.63. The summed E-state index contributed by atoms with van der Waals surface area (Å²) < 4.78 is 2.27. The lowest BCUT2D eigenvalue weighted by Gasteiger charge is -2.26. The molecule has 0 saturated carbocycles. The molecule has 2 aliphatic rings. The van der Waals surface area contributed by atoms with E-state index in [1.54, 1.807) is 0 Å². The first-order valence-electron chi connectivity index (χ1n) is 7.61. The van der Waals surface area contributed by atoms with E-state index < -0.39 is 0 Å². The van der Waals surface area contributed by atoms with Crippen molar-refractivity contribution in [2.75, 3.05) is 13.2 Å². The van der Waals surface area contributed by atoms with Crippen LogP contribution >= 0.6 is 0 Å². The first kappa shape index (κ1) is 13.1. The normalized spacial score (nSPS) is 28.0. The summed E-state index contributed by atoms with van der Waals surface area (Å²) in [6, 6.07) is 1.10. The largest absolute Gasteiger partial charge is 0.396 e. The lowest BCUT2D eigenvalue weighted by Crippen LogP contribution is -2.30. The summed E-state index contributed by atoms with van der Waals surface area (Å²) in [6.45, 7) is 6.98. The van der Waals surface area contributed by atoms with Crippen LogP contribution in [-0.2, 0) is 13.0 Å². The summed E-state index contributed by atoms with van der Waals surface area (Å²) in [7, 11) is 0. The van der Waals surface area contributed by atoms with Crippen LogP contribution in [0.15, 0.2) is 6.20 Å². The minimum atomic E-state index is 0.300. The summed E-state index contributed by atoms with van der Waals surface area (Å²) in [4.78, 5) is 7.44. The van der Waals surface area contributed by atoms with E-state index in [0.717, 1.165) is 19.4 Å². The Morgan fingerprint density at radius 1 is 1.42 bits per heavy atom. The maximum absolute atomic E-state index is 9.31. The highest BCUT2D eigenvalue weighted by molar-refractivity contribution is 5.13. The molecule has 4 heteroatoms. The van der Waals surface area contributed by atoms with Gasteiger partial charge in [0.1, 0.15) is 5.82 Å². The molecule has 0 amide bonds. The predicted molar refractivity (Wildman–Crippen MR) is 74.9 cm³/mol. The van der Waals surface area contributed by atoms with Gasteiger partial charge in [-0.1, -0.05) is 0 Å². The van der Waals surface area contributed by atoms with Crippen LogP contribution in [0.3, 0.4) is 0 Å². The van der Waals surface area contributed by atoms with Gasteiger partial charge in [-0.15, -0.1) is 0 Å². The van der Waals surface area contributed by atoms with Gasteiger partial charge < -0.3 is 9.67 Å². The van der Waals surface area contributed by atoms with Gasteiger partial charge in [-0.25, -0.2) is 4.98 Å². The highest BCUT2D eigenvalue weighted by Crippen LogP contribution is 2.34. The fourth-order valence-corrected chi connectivity index (χ4v) is 3.57. The Morgan fingerprint density at radius 3 is 3.00 bits per heavy atom. The Labute approximate surface area is 115 Å². The Bertz CT molecular complexity index is 441.